The second kappa shape index (κ2) is 9.67. The minimum atomic E-state index is -0.491. The molecule has 0 N–H and O–H groups in total. The van der Waals surface area contributed by atoms with Crippen molar-refractivity contribution in [1.82, 2.24) is 9.88 Å². The van der Waals surface area contributed by atoms with E-state index in [1.807, 2.05) is 0 Å². The van der Waals surface area contributed by atoms with Crippen molar-refractivity contribution in [3.8, 4) is 11.3 Å². The molecule has 1 aromatic heterocycles. The third-order valence-electron chi connectivity index (χ3n) is 5.52. The Kier molecular flexibility index (Phi) is 7.01. The Bertz CT molecular complexity index is 843. The first-order valence-electron chi connectivity index (χ1n) is 10.0. The maximum Gasteiger partial charge on any atom is 0.306 e. The number of carbonyl (C=O) groups is 2. The standard InChI is InChI=1S/C22H27FN2O4/c1-15-7-9-16(10-8-15)25(2)21(26)14-28-22(27)12-11-20-24-13-19(29-20)17-5-3-4-6-18(17)23/h3-6,13,15-16H,7-12,14H2,1-2H3. The minimum Gasteiger partial charge on any atom is -0.456 e. The van der Waals surface area contributed by atoms with Crippen LogP contribution in [0, 0.1) is 11.7 Å². The summed E-state index contributed by atoms with van der Waals surface area (Å²) in [6, 6.07) is 6.47. The van der Waals surface area contributed by atoms with Crippen LogP contribution in [0.2, 0.25) is 0 Å². The smallest absolute Gasteiger partial charge is 0.306 e. The van der Waals surface area contributed by atoms with Crippen molar-refractivity contribution in [2.75, 3.05) is 13.7 Å². The summed E-state index contributed by atoms with van der Waals surface area (Å²) in [5.41, 5.74) is 0.319. The van der Waals surface area contributed by atoms with E-state index in [9.17, 15) is 14.0 Å². The molecule has 1 fully saturated rings. The van der Waals surface area contributed by atoms with Crippen molar-refractivity contribution in [3.63, 3.8) is 0 Å². The van der Waals surface area contributed by atoms with Gasteiger partial charge in [-0.3, -0.25) is 9.59 Å². The van der Waals surface area contributed by atoms with Crippen molar-refractivity contribution in [3.05, 3.63) is 42.2 Å². The molecule has 0 bridgehead atoms. The van der Waals surface area contributed by atoms with Crippen LogP contribution in [-0.4, -0.2) is 41.5 Å². The van der Waals surface area contributed by atoms with E-state index in [2.05, 4.69) is 11.9 Å². The monoisotopic (exact) mass is 402 g/mol. The molecule has 0 spiro atoms. The molecule has 1 heterocycles. The van der Waals surface area contributed by atoms with Gasteiger partial charge < -0.3 is 14.1 Å². The number of hydrogen-bond donors (Lipinski definition) is 0. The molecule has 2 aromatic rings. The van der Waals surface area contributed by atoms with E-state index in [1.165, 1.54) is 12.3 Å². The van der Waals surface area contributed by atoms with Crippen LogP contribution in [0.3, 0.4) is 0 Å². The Labute approximate surface area is 170 Å². The van der Waals surface area contributed by atoms with Gasteiger partial charge in [-0.05, 0) is 43.7 Å². The number of likely N-dealkylation sites (N-methyl/N-ethyl adjacent to an activating group) is 1. The van der Waals surface area contributed by atoms with Crippen molar-refractivity contribution in [2.45, 2.75) is 51.5 Å². The van der Waals surface area contributed by atoms with Crippen molar-refractivity contribution in [2.24, 2.45) is 5.92 Å². The lowest BCUT2D eigenvalue weighted by Crippen LogP contribution is -2.41. The van der Waals surface area contributed by atoms with Gasteiger partial charge in [-0.15, -0.1) is 0 Å². The summed E-state index contributed by atoms with van der Waals surface area (Å²) in [5.74, 6) is 0.266. The third-order valence-corrected chi connectivity index (χ3v) is 5.52. The number of rotatable bonds is 7. The molecule has 1 aliphatic rings. The lowest BCUT2D eigenvalue weighted by atomic mass is 9.87. The van der Waals surface area contributed by atoms with Gasteiger partial charge in [-0.2, -0.15) is 0 Å². The predicted octanol–water partition coefficient (Wildman–Crippen LogP) is 3.99. The molecule has 7 heteroatoms. The predicted molar refractivity (Wildman–Crippen MR) is 105 cm³/mol. The molecule has 1 saturated carbocycles. The van der Waals surface area contributed by atoms with Crippen molar-refractivity contribution >= 4 is 11.9 Å². The zero-order chi connectivity index (χ0) is 20.8. The molecule has 1 aromatic carbocycles. The zero-order valence-electron chi connectivity index (χ0n) is 16.9. The number of aryl methyl sites for hydroxylation is 1. The molecule has 1 aliphatic carbocycles. The average molecular weight is 402 g/mol. The molecule has 3 rings (SSSR count). The molecule has 1 amide bonds. The highest BCUT2D eigenvalue weighted by molar-refractivity contribution is 5.80. The minimum absolute atomic E-state index is 0.0369. The third kappa shape index (κ3) is 5.65. The number of benzene rings is 1. The Morgan fingerprint density at radius 1 is 1.24 bits per heavy atom. The molecular weight excluding hydrogens is 375 g/mol. The topological polar surface area (TPSA) is 72.6 Å². The van der Waals surface area contributed by atoms with Gasteiger partial charge in [0.25, 0.3) is 5.91 Å². The van der Waals surface area contributed by atoms with Gasteiger partial charge in [0.1, 0.15) is 5.82 Å². The first-order valence-corrected chi connectivity index (χ1v) is 10.0. The van der Waals surface area contributed by atoms with E-state index >= 15 is 0 Å². The van der Waals surface area contributed by atoms with Gasteiger partial charge in [0.05, 0.1) is 18.2 Å². The van der Waals surface area contributed by atoms with E-state index < -0.39 is 11.8 Å². The number of amides is 1. The SMILES string of the molecule is CC1CCC(N(C)C(=O)COC(=O)CCc2ncc(-c3ccccc3F)o2)CC1. The fourth-order valence-electron chi connectivity index (χ4n) is 3.57. The second-order valence-electron chi connectivity index (χ2n) is 7.68. The highest BCUT2D eigenvalue weighted by Gasteiger charge is 2.25. The number of ether oxygens (including phenoxy) is 1. The fraction of sp³-hybridized carbons (Fsp3) is 0.500. The second-order valence-corrected chi connectivity index (χ2v) is 7.68. The lowest BCUT2D eigenvalue weighted by molar-refractivity contribution is -0.152. The van der Waals surface area contributed by atoms with Crippen LogP contribution >= 0.6 is 0 Å². The van der Waals surface area contributed by atoms with E-state index in [-0.39, 0.29) is 31.4 Å². The van der Waals surface area contributed by atoms with Crippen LogP contribution in [0.1, 0.15) is 44.9 Å². The zero-order valence-corrected chi connectivity index (χ0v) is 16.9. The number of nitrogens with zero attached hydrogens (tertiary/aromatic N) is 2. The average Bonchev–Trinajstić information content (AvgIpc) is 3.19. The van der Waals surface area contributed by atoms with Crippen LogP contribution in [0.4, 0.5) is 4.39 Å². The molecule has 156 valence electrons. The van der Waals surface area contributed by atoms with Crippen molar-refractivity contribution < 1.29 is 23.1 Å². The van der Waals surface area contributed by atoms with Gasteiger partial charge in [0.2, 0.25) is 0 Å². The normalized spacial score (nSPS) is 19.0. The summed E-state index contributed by atoms with van der Waals surface area (Å²) in [7, 11) is 1.77. The molecule has 29 heavy (non-hydrogen) atoms. The van der Waals surface area contributed by atoms with Gasteiger partial charge in [-0.1, -0.05) is 19.1 Å². The number of halogens is 1. The van der Waals surface area contributed by atoms with Crippen LogP contribution < -0.4 is 0 Å². The summed E-state index contributed by atoms with van der Waals surface area (Å²) < 4.78 is 24.4. The van der Waals surface area contributed by atoms with Gasteiger partial charge >= 0.3 is 5.97 Å². The molecule has 0 atom stereocenters. The summed E-state index contributed by atoms with van der Waals surface area (Å²) in [6.07, 6.45) is 5.91. The van der Waals surface area contributed by atoms with Crippen LogP contribution in [0.25, 0.3) is 11.3 Å². The largest absolute Gasteiger partial charge is 0.456 e. The summed E-state index contributed by atoms with van der Waals surface area (Å²) in [4.78, 5) is 30.0. The first kappa shape index (κ1) is 21.0. The Balaban J connectivity index is 1.42. The molecule has 0 saturated heterocycles. The number of aromatic nitrogens is 1. The molecule has 0 unspecified atom stereocenters. The van der Waals surface area contributed by atoms with Gasteiger partial charge in [-0.25, -0.2) is 9.37 Å². The summed E-state index contributed by atoms with van der Waals surface area (Å²) >= 11 is 0. The van der Waals surface area contributed by atoms with E-state index in [0.29, 0.717) is 23.1 Å². The van der Waals surface area contributed by atoms with Crippen molar-refractivity contribution in [1.29, 1.82) is 0 Å². The maximum absolute atomic E-state index is 13.8. The highest BCUT2D eigenvalue weighted by atomic mass is 19.1. The van der Waals surface area contributed by atoms with E-state index in [1.54, 1.807) is 30.1 Å². The fourth-order valence-corrected chi connectivity index (χ4v) is 3.57. The highest BCUT2D eigenvalue weighted by Crippen LogP contribution is 2.26. The number of carbonyl (C=O) groups excluding carboxylic acids is 2. The first-order chi connectivity index (χ1) is 13.9. The molecule has 6 nitrogen and oxygen atoms in total. The Morgan fingerprint density at radius 2 is 1.97 bits per heavy atom. The van der Waals surface area contributed by atoms with E-state index in [0.717, 1.165) is 25.7 Å². The van der Waals surface area contributed by atoms with Crippen LogP contribution in [0.5, 0.6) is 0 Å². The lowest BCUT2D eigenvalue weighted by Gasteiger charge is -2.33. The Morgan fingerprint density at radius 3 is 2.69 bits per heavy atom. The van der Waals surface area contributed by atoms with E-state index in [4.69, 9.17) is 9.15 Å². The number of esters is 1. The summed E-state index contributed by atoms with van der Waals surface area (Å²) in [5, 5.41) is 0. The Hall–Kier alpha value is -2.70. The maximum atomic E-state index is 13.8. The summed E-state index contributed by atoms with van der Waals surface area (Å²) in [6.45, 7) is 1.97. The van der Waals surface area contributed by atoms with Crippen LogP contribution in [-0.2, 0) is 20.7 Å². The molecule has 0 aliphatic heterocycles. The molecular formula is C22H27FN2O4. The van der Waals surface area contributed by atoms with Crippen LogP contribution in [0.15, 0.2) is 34.9 Å². The quantitative estimate of drug-likeness (QED) is 0.655. The van der Waals surface area contributed by atoms with Gasteiger partial charge in [0.15, 0.2) is 18.3 Å². The van der Waals surface area contributed by atoms with Gasteiger partial charge in [0, 0.05) is 19.5 Å². The number of oxazole rings is 1. The number of hydrogen-bond acceptors (Lipinski definition) is 5. The molecule has 0 radical (unpaired) electrons.